The van der Waals surface area contributed by atoms with Gasteiger partial charge >= 0.3 is 0 Å². The van der Waals surface area contributed by atoms with Gasteiger partial charge in [0.25, 0.3) is 0 Å². The quantitative estimate of drug-likeness (QED) is 0.659. The molecule has 0 amide bonds. The summed E-state index contributed by atoms with van der Waals surface area (Å²) in [5, 5.41) is 0. The lowest BCUT2D eigenvalue weighted by Gasteiger charge is -2.08. The Kier molecular flexibility index (Phi) is 5.35. The molecule has 0 aromatic heterocycles. The Balaban J connectivity index is 3.40. The van der Waals surface area contributed by atoms with Crippen molar-refractivity contribution >= 4 is 47.0 Å². The fourth-order valence-electron chi connectivity index (χ4n) is 0.316. The van der Waals surface area contributed by atoms with Gasteiger partial charge in [0.2, 0.25) is 0 Å². The first kappa shape index (κ1) is 10.7. The highest BCUT2D eigenvalue weighted by molar-refractivity contribution is 8.14. The zero-order valence-electron chi connectivity index (χ0n) is 5.47. The third-order valence-electron chi connectivity index (χ3n) is 0.808. The van der Waals surface area contributed by atoms with E-state index in [0.717, 1.165) is 12.3 Å². The molecular weight excluding hydrogens is 213 g/mol. The molecule has 0 bridgehead atoms. The molecule has 0 saturated carbocycles. The maximum atomic E-state index is 5.59. The molecule has 0 N–H and O–H groups in total. The van der Waals surface area contributed by atoms with E-state index in [0.29, 0.717) is 0 Å². The van der Waals surface area contributed by atoms with Crippen LogP contribution >= 0.6 is 35.1 Å². The Hall–Kier alpha value is 1.66. The van der Waals surface area contributed by atoms with Crippen LogP contribution in [0.4, 0.5) is 0 Å². The highest BCUT2D eigenvalue weighted by Crippen LogP contribution is 2.50. The number of hydrogen-bond acceptors (Lipinski definition) is 1. The Morgan fingerprint density at radius 3 is 2.00 bits per heavy atom. The molecule has 9 heavy (non-hydrogen) atoms. The maximum Gasteiger partial charge on any atom is 0.0858 e. The average molecular weight is 223 g/mol. The normalized spacial score (nSPS) is 12.6. The molecule has 0 nitrogen and oxygen atoms in total. The molecule has 0 atom stereocenters. The summed E-state index contributed by atoms with van der Waals surface area (Å²) >= 11 is 16.4. The predicted octanol–water partition coefficient (Wildman–Crippen LogP) is 3.52. The fraction of sp³-hybridized carbons (Fsp3) is 1.00. The van der Waals surface area contributed by atoms with Crippen molar-refractivity contribution in [3.8, 4) is 0 Å². The van der Waals surface area contributed by atoms with Crippen LogP contribution in [-0.4, -0.2) is 25.7 Å². The molecule has 5 heteroatoms. The van der Waals surface area contributed by atoms with Crippen LogP contribution in [0.1, 0.15) is 0 Å². The predicted molar refractivity (Wildman–Crippen MR) is 54.5 cm³/mol. The summed E-state index contributed by atoms with van der Waals surface area (Å²) in [5.74, 6) is 0. The molecule has 0 fully saturated rings. The third kappa shape index (κ3) is 9.66. The summed E-state index contributed by atoms with van der Waals surface area (Å²) in [5.41, 5.74) is 0. The highest BCUT2D eigenvalue weighted by atomic mass is 35.9. The standard InChI is InChI=1S/C4H10Cl2P2S/c1-8(2,9)4-3-7(5)6/h3-4H2,1-2H3. The minimum Gasteiger partial charge on any atom is -0.0980 e. The van der Waals surface area contributed by atoms with Gasteiger partial charge in [-0.1, -0.05) is 34.3 Å². The molecule has 0 aromatic carbocycles. The Labute approximate surface area is 72.6 Å². The van der Waals surface area contributed by atoms with E-state index in [1.807, 2.05) is 0 Å². The van der Waals surface area contributed by atoms with E-state index >= 15 is 0 Å². The van der Waals surface area contributed by atoms with E-state index in [2.05, 4.69) is 13.3 Å². The van der Waals surface area contributed by atoms with E-state index in [1.165, 1.54) is 0 Å². The lowest BCUT2D eigenvalue weighted by molar-refractivity contribution is 1.52. The van der Waals surface area contributed by atoms with E-state index in [-0.39, 0.29) is 0 Å². The number of rotatable bonds is 3. The van der Waals surface area contributed by atoms with E-state index in [4.69, 9.17) is 34.3 Å². The molecule has 0 aromatic rings. The van der Waals surface area contributed by atoms with E-state index in [9.17, 15) is 0 Å². The summed E-state index contributed by atoms with van der Waals surface area (Å²) in [7, 11) is 0. The van der Waals surface area contributed by atoms with Crippen LogP contribution in [0.3, 0.4) is 0 Å². The van der Waals surface area contributed by atoms with Crippen LogP contribution in [0, 0.1) is 0 Å². The van der Waals surface area contributed by atoms with Crippen LogP contribution < -0.4 is 0 Å². The van der Waals surface area contributed by atoms with Crippen molar-refractivity contribution in [3.05, 3.63) is 0 Å². The van der Waals surface area contributed by atoms with Gasteiger partial charge in [-0.05, 0) is 25.5 Å². The van der Waals surface area contributed by atoms with Crippen LogP contribution in [-0.2, 0) is 11.8 Å². The van der Waals surface area contributed by atoms with Crippen molar-refractivity contribution in [2.24, 2.45) is 0 Å². The van der Waals surface area contributed by atoms with Gasteiger partial charge in [-0.2, -0.15) is 0 Å². The second-order valence-corrected chi connectivity index (χ2v) is 12.9. The molecule has 0 heterocycles. The van der Waals surface area contributed by atoms with Gasteiger partial charge in [-0.3, -0.25) is 0 Å². The SMILES string of the molecule is CP(C)(=S)CCP(Cl)Cl. The Morgan fingerprint density at radius 2 is 1.89 bits per heavy atom. The Bertz CT molecular complexity index is 120. The smallest absolute Gasteiger partial charge is 0.0858 e. The average Bonchev–Trinajstić information content (AvgIpc) is 1.59. The summed E-state index contributed by atoms with van der Waals surface area (Å²) < 4.78 is 0. The molecule has 0 radical (unpaired) electrons. The number of halogens is 2. The molecule has 0 aliphatic rings. The van der Waals surface area contributed by atoms with Crippen LogP contribution in [0.5, 0.6) is 0 Å². The lowest BCUT2D eigenvalue weighted by Crippen LogP contribution is -1.87. The van der Waals surface area contributed by atoms with Gasteiger partial charge < -0.3 is 0 Å². The Morgan fingerprint density at radius 1 is 1.44 bits per heavy atom. The minimum absolute atomic E-state index is 0.759. The molecule has 0 rings (SSSR count). The molecular formula is C4H10Cl2P2S. The van der Waals surface area contributed by atoms with Crippen LogP contribution in [0.2, 0.25) is 0 Å². The van der Waals surface area contributed by atoms with Gasteiger partial charge in [0.05, 0.1) is 6.63 Å². The van der Waals surface area contributed by atoms with Gasteiger partial charge in [-0.15, -0.1) is 0 Å². The van der Waals surface area contributed by atoms with Gasteiger partial charge in [-0.25, -0.2) is 0 Å². The number of hydrogen-bond donors (Lipinski definition) is 0. The first-order valence-corrected chi connectivity index (χ1v) is 9.77. The topological polar surface area (TPSA) is 0 Å². The second-order valence-electron chi connectivity index (χ2n) is 2.32. The third-order valence-corrected chi connectivity index (χ3v) is 4.58. The monoisotopic (exact) mass is 222 g/mol. The highest BCUT2D eigenvalue weighted by Gasteiger charge is 2.05. The van der Waals surface area contributed by atoms with Crippen molar-refractivity contribution in [3.63, 3.8) is 0 Å². The van der Waals surface area contributed by atoms with Crippen LogP contribution in [0.25, 0.3) is 0 Å². The van der Waals surface area contributed by atoms with Crippen molar-refractivity contribution < 1.29 is 0 Å². The van der Waals surface area contributed by atoms with Gasteiger partial charge in [0, 0.05) is 6.16 Å². The zero-order valence-corrected chi connectivity index (χ0v) is 9.59. The minimum atomic E-state index is -1.04. The molecule has 0 spiro atoms. The summed E-state index contributed by atoms with van der Waals surface area (Å²) in [4.78, 5) is 0. The first-order valence-electron chi connectivity index (χ1n) is 2.55. The van der Waals surface area contributed by atoms with Gasteiger partial charge in [0.1, 0.15) is 0 Å². The van der Waals surface area contributed by atoms with Crippen molar-refractivity contribution in [1.29, 1.82) is 0 Å². The fourth-order valence-corrected chi connectivity index (χ4v) is 4.94. The first-order chi connectivity index (χ1) is 3.92. The zero-order chi connectivity index (χ0) is 7.49. The van der Waals surface area contributed by atoms with Crippen molar-refractivity contribution in [2.75, 3.05) is 25.7 Å². The van der Waals surface area contributed by atoms with E-state index in [1.54, 1.807) is 0 Å². The molecule has 0 saturated heterocycles. The van der Waals surface area contributed by atoms with E-state index < -0.39 is 12.7 Å². The molecule has 56 valence electrons. The van der Waals surface area contributed by atoms with Crippen LogP contribution in [0.15, 0.2) is 0 Å². The van der Waals surface area contributed by atoms with Crippen molar-refractivity contribution in [2.45, 2.75) is 0 Å². The van der Waals surface area contributed by atoms with Gasteiger partial charge in [0.15, 0.2) is 0 Å². The second kappa shape index (κ2) is 4.52. The van der Waals surface area contributed by atoms with Crippen molar-refractivity contribution in [1.82, 2.24) is 0 Å². The molecule has 0 aliphatic carbocycles. The summed E-state index contributed by atoms with van der Waals surface area (Å²) in [6, 6.07) is -1.04. The molecule has 0 aliphatic heterocycles. The lowest BCUT2D eigenvalue weighted by atomic mass is 11.0. The summed E-state index contributed by atoms with van der Waals surface area (Å²) in [6.45, 7) is 3.48. The summed E-state index contributed by atoms with van der Waals surface area (Å²) in [6.07, 6.45) is 1.95. The maximum absolute atomic E-state index is 5.59. The molecule has 0 unspecified atom stereocenters. The largest absolute Gasteiger partial charge is 0.0980 e.